The molecule has 0 unspecified atom stereocenters. The van der Waals surface area contributed by atoms with Crippen LogP contribution in [0.25, 0.3) is 0 Å². The minimum Gasteiger partial charge on any atom is -0.374 e. The van der Waals surface area contributed by atoms with Crippen LogP contribution in [0.1, 0.15) is 19.8 Å². The molecule has 1 aliphatic carbocycles. The minimum absolute atomic E-state index is 0.919. The molecule has 3 nitrogen and oxygen atoms in total. The summed E-state index contributed by atoms with van der Waals surface area (Å²) in [5, 5.41) is 3.23. The Bertz CT molecular complexity index is 320. The average Bonchev–Trinajstić information content (AvgIpc) is 3.03. The molecule has 0 aromatic carbocycles. The quantitative estimate of drug-likeness (QED) is 0.800. The number of aromatic nitrogens is 1. The molecule has 1 saturated carbocycles. The molecule has 0 bridgehead atoms. The lowest BCUT2D eigenvalue weighted by molar-refractivity contribution is 0.787. The lowest BCUT2D eigenvalue weighted by Crippen LogP contribution is -2.20. The third-order valence-corrected chi connectivity index (χ3v) is 2.77. The number of anilines is 2. The van der Waals surface area contributed by atoms with Gasteiger partial charge < -0.3 is 10.2 Å². The van der Waals surface area contributed by atoms with Crippen molar-refractivity contribution in [2.45, 2.75) is 19.8 Å². The van der Waals surface area contributed by atoms with Gasteiger partial charge >= 0.3 is 0 Å². The molecule has 0 saturated heterocycles. The van der Waals surface area contributed by atoms with Crippen molar-refractivity contribution >= 4 is 11.5 Å². The van der Waals surface area contributed by atoms with Crippen LogP contribution in [-0.4, -0.2) is 25.1 Å². The van der Waals surface area contributed by atoms with Gasteiger partial charge in [0.2, 0.25) is 0 Å². The molecular weight excluding hydrogens is 186 g/mol. The number of nitrogens with zero attached hydrogens (tertiary/aromatic N) is 2. The number of nitrogens with one attached hydrogen (secondary N) is 1. The van der Waals surface area contributed by atoms with Crippen molar-refractivity contribution < 1.29 is 0 Å². The highest BCUT2D eigenvalue weighted by atomic mass is 15.1. The van der Waals surface area contributed by atoms with Crippen molar-refractivity contribution in [3.8, 4) is 0 Å². The fourth-order valence-corrected chi connectivity index (χ4v) is 1.73. The van der Waals surface area contributed by atoms with E-state index in [0.29, 0.717) is 0 Å². The predicted molar refractivity (Wildman–Crippen MR) is 64.4 cm³/mol. The minimum atomic E-state index is 0.919. The van der Waals surface area contributed by atoms with Crippen LogP contribution in [-0.2, 0) is 0 Å². The summed E-state index contributed by atoms with van der Waals surface area (Å²) in [4.78, 5) is 6.59. The summed E-state index contributed by atoms with van der Waals surface area (Å²) in [7, 11) is 2.16. The number of hydrogen-bond acceptors (Lipinski definition) is 3. The Morgan fingerprint density at radius 3 is 3.00 bits per heavy atom. The molecule has 0 aliphatic heterocycles. The van der Waals surface area contributed by atoms with Gasteiger partial charge in [-0.3, -0.25) is 0 Å². The maximum Gasteiger partial charge on any atom is 0.127 e. The smallest absolute Gasteiger partial charge is 0.127 e. The van der Waals surface area contributed by atoms with Crippen LogP contribution in [0, 0.1) is 5.92 Å². The molecular formula is C12H19N3. The highest BCUT2D eigenvalue weighted by Crippen LogP contribution is 2.31. The Morgan fingerprint density at radius 1 is 1.53 bits per heavy atom. The van der Waals surface area contributed by atoms with Gasteiger partial charge in [0.1, 0.15) is 5.82 Å². The average molecular weight is 205 g/mol. The van der Waals surface area contributed by atoms with Crippen LogP contribution in [0.3, 0.4) is 0 Å². The molecule has 1 fully saturated rings. The molecule has 15 heavy (non-hydrogen) atoms. The molecule has 1 aromatic heterocycles. The van der Waals surface area contributed by atoms with Crippen LogP contribution in [0.5, 0.6) is 0 Å². The molecule has 1 aromatic rings. The Hall–Kier alpha value is -1.25. The zero-order valence-corrected chi connectivity index (χ0v) is 9.53. The van der Waals surface area contributed by atoms with E-state index in [9.17, 15) is 0 Å². The van der Waals surface area contributed by atoms with E-state index in [2.05, 4.69) is 41.3 Å². The van der Waals surface area contributed by atoms with Gasteiger partial charge in [-0.2, -0.15) is 0 Å². The second kappa shape index (κ2) is 4.51. The first-order valence-corrected chi connectivity index (χ1v) is 5.70. The summed E-state index contributed by atoms with van der Waals surface area (Å²) in [6, 6.07) is 4.19. The maximum atomic E-state index is 4.27. The molecule has 2 rings (SSSR count). The molecule has 82 valence electrons. The van der Waals surface area contributed by atoms with Gasteiger partial charge in [0.25, 0.3) is 0 Å². The van der Waals surface area contributed by atoms with Crippen LogP contribution in [0.4, 0.5) is 11.5 Å². The molecule has 3 heteroatoms. The summed E-state index contributed by atoms with van der Waals surface area (Å²) in [6.45, 7) is 4.18. The van der Waals surface area contributed by atoms with Crippen molar-refractivity contribution in [2.75, 3.05) is 30.4 Å². The summed E-state index contributed by atoms with van der Waals surface area (Å²) in [6.07, 6.45) is 4.67. The van der Waals surface area contributed by atoms with E-state index < -0.39 is 0 Å². The predicted octanol–water partition coefficient (Wildman–Crippen LogP) is 2.36. The van der Waals surface area contributed by atoms with Gasteiger partial charge in [-0.1, -0.05) is 0 Å². The van der Waals surface area contributed by atoms with E-state index in [1.54, 1.807) is 0 Å². The van der Waals surface area contributed by atoms with E-state index in [1.165, 1.54) is 25.1 Å². The van der Waals surface area contributed by atoms with Gasteiger partial charge in [0.05, 0.1) is 0 Å². The third-order valence-electron chi connectivity index (χ3n) is 2.77. The molecule has 0 atom stereocenters. The van der Waals surface area contributed by atoms with Crippen molar-refractivity contribution in [3.05, 3.63) is 18.3 Å². The number of rotatable bonds is 5. The maximum absolute atomic E-state index is 4.27. The van der Waals surface area contributed by atoms with Crippen molar-refractivity contribution in [1.82, 2.24) is 4.98 Å². The Kier molecular flexibility index (Phi) is 3.09. The molecule has 1 N–H and O–H groups in total. The lowest BCUT2D eigenvalue weighted by atomic mass is 10.3. The first kappa shape index (κ1) is 10.3. The van der Waals surface area contributed by atoms with E-state index in [1.807, 2.05) is 6.20 Å². The molecule has 0 spiro atoms. The van der Waals surface area contributed by atoms with Gasteiger partial charge in [-0.05, 0) is 31.7 Å². The summed E-state index contributed by atoms with van der Waals surface area (Å²) in [5.41, 5.74) is 1.26. The van der Waals surface area contributed by atoms with Crippen molar-refractivity contribution in [1.29, 1.82) is 0 Å². The second-order valence-corrected chi connectivity index (χ2v) is 4.25. The topological polar surface area (TPSA) is 28.2 Å². The fourth-order valence-electron chi connectivity index (χ4n) is 1.73. The third kappa shape index (κ3) is 2.85. The number of hydrogen-bond donors (Lipinski definition) is 1. The van der Waals surface area contributed by atoms with Crippen LogP contribution in [0.2, 0.25) is 0 Å². The van der Waals surface area contributed by atoms with E-state index >= 15 is 0 Å². The van der Waals surface area contributed by atoms with Gasteiger partial charge in [-0.25, -0.2) is 4.98 Å². The Labute approximate surface area is 91.5 Å². The van der Waals surface area contributed by atoms with E-state index in [-0.39, 0.29) is 0 Å². The lowest BCUT2D eigenvalue weighted by Gasteiger charge is -2.19. The SMILES string of the molecule is CCNc1cc(N(C)CC2CC2)ccn1. The molecule has 1 heterocycles. The van der Waals surface area contributed by atoms with Gasteiger partial charge in [0.15, 0.2) is 0 Å². The first-order valence-electron chi connectivity index (χ1n) is 5.70. The highest BCUT2D eigenvalue weighted by Gasteiger charge is 2.22. The Balaban J connectivity index is 2.01. The monoisotopic (exact) mass is 205 g/mol. The zero-order chi connectivity index (χ0) is 10.7. The van der Waals surface area contributed by atoms with E-state index in [4.69, 9.17) is 0 Å². The summed E-state index contributed by atoms with van der Waals surface area (Å²) >= 11 is 0. The summed E-state index contributed by atoms with van der Waals surface area (Å²) < 4.78 is 0. The van der Waals surface area contributed by atoms with Crippen LogP contribution < -0.4 is 10.2 Å². The highest BCUT2D eigenvalue weighted by molar-refractivity contribution is 5.53. The second-order valence-electron chi connectivity index (χ2n) is 4.25. The van der Waals surface area contributed by atoms with E-state index in [0.717, 1.165) is 18.3 Å². The van der Waals surface area contributed by atoms with Gasteiger partial charge in [0, 0.05) is 38.1 Å². The molecule has 0 radical (unpaired) electrons. The largest absolute Gasteiger partial charge is 0.374 e. The zero-order valence-electron chi connectivity index (χ0n) is 9.53. The van der Waals surface area contributed by atoms with Crippen molar-refractivity contribution in [2.24, 2.45) is 5.92 Å². The van der Waals surface area contributed by atoms with Crippen molar-refractivity contribution in [3.63, 3.8) is 0 Å². The molecule has 0 amide bonds. The number of pyridine rings is 1. The van der Waals surface area contributed by atoms with Gasteiger partial charge in [-0.15, -0.1) is 0 Å². The standard InChI is InChI=1S/C12H19N3/c1-3-13-12-8-11(6-7-14-12)15(2)9-10-4-5-10/h6-8,10H,3-5,9H2,1-2H3,(H,13,14). The fraction of sp³-hybridized carbons (Fsp3) is 0.583. The Morgan fingerprint density at radius 2 is 2.33 bits per heavy atom. The summed E-state index contributed by atoms with van der Waals surface area (Å²) in [5.74, 6) is 1.89. The first-order chi connectivity index (χ1) is 7.29. The normalized spacial score (nSPS) is 15.1. The van der Waals surface area contributed by atoms with Crippen LogP contribution >= 0.6 is 0 Å². The van der Waals surface area contributed by atoms with Crippen LogP contribution in [0.15, 0.2) is 18.3 Å². The molecule has 1 aliphatic rings.